The van der Waals surface area contributed by atoms with Crippen molar-refractivity contribution < 1.29 is 19.1 Å². The lowest BCUT2D eigenvalue weighted by Crippen LogP contribution is -2.18. The van der Waals surface area contributed by atoms with Gasteiger partial charge in [0.1, 0.15) is 19.0 Å². The first kappa shape index (κ1) is 21.9. The van der Waals surface area contributed by atoms with Crippen molar-refractivity contribution in [1.29, 1.82) is 0 Å². The van der Waals surface area contributed by atoms with Crippen molar-refractivity contribution in [2.24, 2.45) is 7.05 Å². The molecule has 0 fully saturated rings. The number of thioether (sulfide) groups is 1. The summed E-state index contributed by atoms with van der Waals surface area (Å²) in [4.78, 5) is 28.9. The van der Waals surface area contributed by atoms with E-state index in [-0.39, 0.29) is 30.4 Å². The lowest BCUT2D eigenvalue weighted by atomic mass is 10.2. The van der Waals surface area contributed by atoms with Gasteiger partial charge in [0.15, 0.2) is 5.16 Å². The number of para-hydroxylation sites is 1. The molecule has 1 N–H and O–H groups in total. The summed E-state index contributed by atoms with van der Waals surface area (Å²) in [6, 6.07) is 14.1. The number of carbonyl (C=O) groups is 2. The highest BCUT2D eigenvalue weighted by atomic mass is 79.9. The fraction of sp³-hybridized carbons (Fsp3) is 0.190. The fourth-order valence-electron chi connectivity index (χ4n) is 2.48. The minimum absolute atomic E-state index is 0.0895. The largest absolute Gasteiger partial charge is 0.490 e. The van der Waals surface area contributed by atoms with Gasteiger partial charge in [-0.2, -0.15) is 0 Å². The van der Waals surface area contributed by atoms with Crippen LogP contribution in [0.25, 0.3) is 0 Å². The van der Waals surface area contributed by atoms with E-state index in [1.165, 1.54) is 11.8 Å². The zero-order valence-corrected chi connectivity index (χ0v) is 18.6. The van der Waals surface area contributed by atoms with Crippen LogP contribution in [0.1, 0.15) is 10.4 Å². The molecule has 0 spiro atoms. The predicted molar refractivity (Wildman–Crippen MR) is 119 cm³/mol. The second-order valence-corrected chi connectivity index (χ2v) is 8.00. The Bertz CT molecular complexity index is 1010. The molecule has 1 amide bonds. The van der Waals surface area contributed by atoms with Crippen LogP contribution in [0.5, 0.6) is 5.75 Å². The van der Waals surface area contributed by atoms with Gasteiger partial charge in [-0.1, -0.05) is 39.8 Å². The van der Waals surface area contributed by atoms with E-state index in [4.69, 9.17) is 9.47 Å². The number of carbonyl (C=O) groups excluding carboxylic acids is 2. The van der Waals surface area contributed by atoms with Gasteiger partial charge in [-0.05, 0) is 36.4 Å². The van der Waals surface area contributed by atoms with Gasteiger partial charge in [0.2, 0.25) is 5.91 Å². The van der Waals surface area contributed by atoms with Gasteiger partial charge in [0.25, 0.3) is 0 Å². The highest BCUT2D eigenvalue weighted by molar-refractivity contribution is 9.10. The molecule has 0 saturated carbocycles. The Kier molecular flexibility index (Phi) is 7.92. The monoisotopic (exact) mass is 489 g/mol. The van der Waals surface area contributed by atoms with Crippen molar-refractivity contribution in [3.05, 3.63) is 71.0 Å². The Morgan fingerprint density at radius 1 is 1.13 bits per heavy atom. The standard InChI is InChI=1S/C21H20BrN3O4S/c1-25-11-10-23-21(25)30-14-19(26)24-18-5-3-2-4-17(18)20(27)29-13-12-28-16-8-6-15(22)7-9-16/h2-11H,12-14H2,1H3,(H,24,26). The first-order valence-electron chi connectivity index (χ1n) is 9.07. The Labute approximate surface area is 186 Å². The molecule has 9 heteroatoms. The summed E-state index contributed by atoms with van der Waals surface area (Å²) >= 11 is 4.67. The number of benzene rings is 2. The quantitative estimate of drug-likeness (QED) is 0.276. The van der Waals surface area contributed by atoms with Gasteiger partial charge in [-0.3, -0.25) is 4.79 Å². The van der Waals surface area contributed by atoms with Gasteiger partial charge in [-0.15, -0.1) is 0 Å². The predicted octanol–water partition coefficient (Wildman–Crippen LogP) is 4.15. The van der Waals surface area contributed by atoms with E-state index in [0.717, 1.165) is 9.63 Å². The number of aryl methyl sites for hydroxylation is 1. The van der Waals surface area contributed by atoms with Crippen molar-refractivity contribution in [3.63, 3.8) is 0 Å². The summed E-state index contributed by atoms with van der Waals surface area (Å²) < 4.78 is 13.6. The lowest BCUT2D eigenvalue weighted by Gasteiger charge is -2.11. The number of aromatic nitrogens is 2. The molecule has 1 aromatic heterocycles. The Balaban J connectivity index is 1.49. The topological polar surface area (TPSA) is 82.5 Å². The zero-order chi connectivity index (χ0) is 21.3. The van der Waals surface area contributed by atoms with Crippen molar-refractivity contribution in [1.82, 2.24) is 9.55 Å². The molecule has 0 radical (unpaired) electrons. The van der Waals surface area contributed by atoms with Gasteiger partial charge < -0.3 is 19.4 Å². The van der Waals surface area contributed by atoms with Crippen LogP contribution in [0.2, 0.25) is 0 Å². The molecule has 1 heterocycles. The van der Waals surface area contributed by atoms with Crippen LogP contribution < -0.4 is 10.1 Å². The maximum atomic E-state index is 12.4. The third-order valence-electron chi connectivity index (χ3n) is 3.93. The van der Waals surface area contributed by atoms with E-state index < -0.39 is 5.97 Å². The number of hydrogen-bond donors (Lipinski definition) is 1. The molecule has 7 nitrogen and oxygen atoms in total. The first-order valence-corrected chi connectivity index (χ1v) is 10.9. The van der Waals surface area contributed by atoms with Crippen LogP contribution in [-0.2, 0) is 16.6 Å². The van der Waals surface area contributed by atoms with Crippen LogP contribution in [0.4, 0.5) is 5.69 Å². The second kappa shape index (κ2) is 10.8. The molecule has 3 aromatic rings. The molecule has 3 rings (SSSR count). The SMILES string of the molecule is Cn1ccnc1SCC(=O)Nc1ccccc1C(=O)OCCOc1ccc(Br)cc1. The second-order valence-electron chi connectivity index (χ2n) is 6.14. The molecule has 0 saturated heterocycles. The fourth-order valence-corrected chi connectivity index (χ4v) is 3.48. The Hall–Kier alpha value is -2.78. The van der Waals surface area contributed by atoms with Crippen LogP contribution in [0.15, 0.2) is 70.6 Å². The van der Waals surface area contributed by atoms with Crippen molar-refractivity contribution in [2.45, 2.75) is 5.16 Å². The molecule has 156 valence electrons. The number of halogens is 1. The van der Waals surface area contributed by atoms with Gasteiger partial charge in [0.05, 0.1) is 17.0 Å². The molecule has 0 aliphatic rings. The number of amides is 1. The third-order valence-corrected chi connectivity index (χ3v) is 5.52. The summed E-state index contributed by atoms with van der Waals surface area (Å²) in [6.07, 6.45) is 3.48. The molecule has 30 heavy (non-hydrogen) atoms. The molecule has 0 bridgehead atoms. The number of esters is 1. The number of ether oxygens (including phenoxy) is 2. The molecule has 0 aliphatic carbocycles. The van der Waals surface area contributed by atoms with Crippen LogP contribution in [0, 0.1) is 0 Å². The number of anilines is 1. The molecular weight excluding hydrogens is 470 g/mol. The normalized spacial score (nSPS) is 10.5. The summed E-state index contributed by atoms with van der Waals surface area (Å²) in [5.41, 5.74) is 0.693. The molecule has 0 atom stereocenters. The zero-order valence-electron chi connectivity index (χ0n) is 16.2. The number of nitrogens with zero attached hydrogens (tertiary/aromatic N) is 2. The van der Waals surface area contributed by atoms with E-state index in [1.807, 2.05) is 42.1 Å². The maximum Gasteiger partial charge on any atom is 0.340 e. The van der Waals surface area contributed by atoms with Crippen LogP contribution >= 0.6 is 27.7 Å². The van der Waals surface area contributed by atoms with Crippen LogP contribution in [-0.4, -0.2) is 40.4 Å². The number of hydrogen-bond acceptors (Lipinski definition) is 6. The van der Waals surface area contributed by atoms with Gasteiger partial charge >= 0.3 is 5.97 Å². The maximum absolute atomic E-state index is 12.4. The molecule has 0 aliphatic heterocycles. The Morgan fingerprint density at radius 3 is 2.63 bits per heavy atom. The number of imidazole rings is 1. The van der Waals surface area contributed by atoms with E-state index >= 15 is 0 Å². The summed E-state index contributed by atoms with van der Waals surface area (Å²) in [5.74, 6) is 0.103. The van der Waals surface area contributed by atoms with E-state index in [9.17, 15) is 9.59 Å². The Morgan fingerprint density at radius 2 is 1.90 bits per heavy atom. The lowest BCUT2D eigenvalue weighted by molar-refractivity contribution is -0.113. The van der Waals surface area contributed by atoms with Gasteiger partial charge in [-0.25, -0.2) is 9.78 Å². The average molecular weight is 490 g/mol. The van der Waals surface area contributed by atoms with Gasteiger partial charge in [0, 0.05) is 23.9 Å². The van der Waals surface area contributed by atoms with Crippen molar-refractivity contribution >= 4 is 45.3 Å². The first-order chi connectivity index (χ1) is 14.5. The molecule has 2 aromatic carbocycles. The summed E-state index contributed by atoms with van der Waals surface area (Å²) in [7, 11) is 1.86. The van der Waals surface area contributed by atoms with Crippen molar-refractivity contribution in [2.75, 3.05) is 24.3 Å². The van der Waals surface area contributed by atoms with E-state index in [2.05, 4.69) is 26.2 Å². The number of nitrogens with one attached hydrogen (secondary N) is 1. The minimum atomic E-state index is -0.526. The van der Waals surface area contributed by atoms with E-state index in [1.54, 1.807) is 30.5 Å². The minimum Gasteiger partial charge on any atom is -0.490 e. The highest BCUT2D eigenvalue weighted by Gasteiger charge is 2.15. The van der Waals surface area contributed by atoms with E-state index in [0.29, 0.717) is 11.4 Å². The highest BCUT2D eigenvalue weighted by Crippen LogP contribution is 2.19. The average Bonchev–Trinajstić information content (AvgIpc) is 3.16. The number of rotatable bonds is 9. The van der Waals surface area contributed by atoms with Crippen molar-refractivity contribution in [3.8, 4) is 5.75 Å². The molecule has 0 unspecified atom stereocenters. The third kappa shape index (κ3) is 6.36. The summed E-state index contributed by atoms with van der Waals surface area (Å²) in [6.45, 7) is 0.314. The van der Waals surface area contributed by atoms with Crippen LogP contribution in [0.3, 0.4) is 0 Å². The summed E-state index contributed by atoms with van der Waals surface area (Å²) in [5, 5.41) is 3.50. The smallest absolute Gasteiger partial charge is 0.340 e. The molecular formula is C21H20BrN3O4S.